The van der Waals surface area contributed by atoms with Crippen LogP contribution in [0.2, 0.25) is 0 Å². The van der Waals surface area contributed by atoms with Gasteiger partial charge >= 0.3 is 0 Å². The third-order valence-corrected chi connectivity index (χ3v) is 6.94. The number of benzene rings is 5. The molecule has 0 aliphatic carbocycles. The van der Waals surface area contributed by atoms with Gasteiger partial charge in [0.25, 0.3) is 0 Å². The third-order valence-electron chi connectivity index (χ3n) is 6.94. The molecule has 0 bridgehead atoms. The zero-order chi connectivity index (χ0) is 26.8. The van der Waals surface area contributed by atoms with Crippen molar-refractivity contribution in [2.75, 3.05) is 0 Å². The highest BCUT2D eigenvalue weighted by atomic mass is 16.3. The lowest BCUT2D eigenvalue weighted by atomic mass is 9.86. The van der Waals surface area contributed by atoms with E-state index in [2.05, 4.69) is 99.6 Å². The molecule has 1 heterocycles. The summed E-state index contributed by atoms with van der Waals surface area (Å²) in [6, 6.07) is 41.6. The van der Waals surface area contributed by atoms with Gasteiger partial charge in [0.05, 0.1) is 11.3 Å². The van der Waals surface area contributed by atoms with Crippen LogP contribution in [0.3, 0.4) is 0 Å². The van der Waals surface area contributed by atoms with Crippen LogP contribution in [0, 0.1) is 0 Å². The summed E-state index contributed by atoms with van der Waals surface area (Å²) < 4.78 is 6.30. The van der Waals surface area contributed by atoms with E-state index in [9.17, 15) is 0 Å². The number of para-hydroxylation sites is 2. The van der Waals surface area contributed by atoms with Gasteiger partial charge in [0.15, 0.2) is 5.58 Å². The molecule has 0 aliphatic rings. The summed E-state index contributed by atoms with van der Waals surface area (Å²) in [5, 5.41) is 0. The summed E-state index contributed by atoms with van der Waals surface area (Å²) in [7, 11) is 0. The Morgan fingerprint density at radius 1 is 0.641 bits per heavy atom. The fraction of sp³-hybridized carbons (Fsp3) is 0.111. The first-order valence-electron chi connectivity index (χ1n) is 13.3. The van der Waals surface area contributed by atoms with E-state index in [4.69, 9.17) is 14.4 Å². The Balaban J connectivity index is 1.38. The monoisotopic (exact) mass is 506 g/mol. The van der Waals surface area contributed by atoms with Crippen molar-refractivity contribution in [3.05, 3.63) is 132 Å². The molecule has 6 aromatic rings. The molecule has 1 aromatic heterocycles. The van der Waals surface area contributed by atoms with Crippen LogP contribution in [0.15, 0.2) is 131 Å². The molecule has 0 fully saturated rings. The van der Waals surface area contributed by atoms with Crippen LogP contribution >= 0.6 is 0 Å². The van der Waals surface area contributed by atoms with Crippen molar-refractivity contribution in [3.8, 4) is 33.7 Å². The zero-order valence-corrected chi connectivity index (χ0v) is 22.4. The van der Waals surface area contributed by atoms with Crippen LogP contribution in [0.25, 0.3) is 44.8 Å². The molecule has 190 valence electrons. The number of aromatic nitrogens is 1. The number of hydrogen-bond donors (Lipinski definition) is 0. The first kappa shape index (κ1) is 24.6. The van der Waals surface area contributed by atoms with Gasteiger partial charge in [-0.15, -0.1) is 0 Å². The smallest absolute Gasteiger partial charge is 0.229 e. The Kier molecular flexibility index (Phi) is 6.42. The number of hydrogen-bond acceptors (Lipinski definition) is 3. The average Bonchev–Trinajstić information content (AvgIpc) is 3.41. The molecular weight excluding hydrogens is 476 g/mol. The van der Waals surface area contributed by atoms with Gasteiger partial charge in [-0.25, -0.2) is 4.98 Å². The zero-order valence-electron chi connectivity index (χ0n) is 22.4. The lowest BCUT2D eigenvalue weighted by Crippen LogP contribution is -2.11. The van der Waals surface area contributed by atoms with Gasteiger partial charge in [0, 0.05) is 11.8 Å². The number of aliphatic imine (C=N–C) groups is 1. The quantitative estimate of drug-likeness (QED) is 0.218. The predicted molar refractivity (Wildman–Crippen MR) is 163 cm³/mol. The number of fused-ring (bicyclic) bond motifs is 1. The lowest BCUT2D eigenvalue weighted by Gasteiger charge is -2.19. The largest absolute Gasteiger partial charge is 0.436 e. The van der Waals surface area contributed by atoms with Gasteiger partial charge in [-0.05, 0) is 63.6 Å². The topological polar surface area (TPSA) is 38.4 Å². The number of rotatable bonds is 5. The average molecular weight is 507 g/mol. The number of nitrogens with zero attached hydrogens (tertiary/aromatic N) is 2. The SMILES string of the molecule is CC(C)(C)c1cccc(C=Nc2ccccc2-c2nc3c(-c4cccc(-c5ccccc5)c4)cccc3o2)c1. The van der Waals surface area contributed by atoms with Crippen molar-refractivity contribution in [2.24, 2.45) is 4.99 Å². The van der Waals surface area contributed by atoms with E-state index in [1.165, 1.54) is 16.7 Å². The molecule has 5 aromatic carbocycles. The second-order valence-corrected chi connectivity index (χ2v) is 10.8. The summed E-state index contributed by atoms with van der Waals surface area (Å²) >= 11 is 0. The van der Waals surface area contributed by atoms with Gasteiger partial charge in [0.2, 0.25) is 5.89 Å². The highest BCUT2D eigenvalue weighted by molar-refractivity contribution is 5.94. The van der Waals surface area contributed by atoms with E-state index < -0.39 is 0 Å². The Morgan fingerprint density at radius 3 is 2.18 bits per heavy atom. The molecule has 39 heavy (non-hydrogen) atoms. The molecule has 0 spiro atoms. The molecule has 0 saturated heterocycles. The maximum atomic E-state index is 6.30. The number of oxazole rings is 1. The first-order valence-corrected chi connectivity index (χ1v) is 13.3. The highest BCUT2D eigenvalue weighted by Gasteiger charge is 2.16. The second-order valence-electron chi connectivity index (χ2n) is 10.8. The molecule has 0 unspecified atom stereocenters. The molecule has 0 amide bonds. The van der Waals surface area contributed by atoms with Crippen LogP contribution < -0.4 is 0 Å². The van der Waals surface area contributed by atoms with E-state index in [1.54, 1.807) is 0 Å². The van der Waals surface area contributed by atoms with Crippen molar-refractivity contribution in [1.29, 1.82) is 0 Å². The summed E-state index contributed by atoms with van der Waals surface area (Å²) in [6.07, 6.45) is 1.91. The van der Waals surface area contributed by atoms with Crippen molar-refractivity contribution in [3.63, 3.8) is 0 Å². The van der Waals surface area contributed by atoms with Crippen molar-refractivity contribution in [1.82, 2.24) is 4.98 Å². The van der Waals surface area contributed by atoms with Gasteiger partial charge in [-0.1, -0.05) is 112 Å². The van der Waals surface area contributed by atoms with Gasteiger partial charge in [0.1, 0.15) is 5.52 Å². The predicted octanol–water partition coefficient (Wildman–Crippen LogP) is 9.88. The molecule has 0 N–H and O–H groups in total. The molecule has 0 aliphatic heterocycles. The molecule has 3 heteroatoms. The first-order chi connectivity index (χ1) is 19.0. The molecular formula is C36H30N2O. The fourth-order valence-electron chi connectivity index (χ4n) is 4.79. The second kappa shape index (κ2) is 10.2. The highest BCUT2D eigenvalue weighted by Crippen LogP contribution is 2.36. The Morgan fingerprint density at radius 2 is 1.33 bits per heavy atom. The van der Waals surface area contributed by atoms with Crippen LogP contribution in [-0.4, -0.2) is 11.2 Å². The van der Waals surface area contributed by atoms with Crippen LogP contribution in [0.4, 0.5) is 5.69 Å². The normalized spacial score (nSPS) is 11.9. The fourth-order valence-corrected chi connectivity index (χ4v) is 4.79. The molecule has 0 atom stereocenters. The molecule has 6 rings (SSSR count). The van der Waals surface area contributed by atoms with Crippen LogP contribution in [-0.2, 0) is 5.41 Å². The molecule has 0 saturated carbocycles. The Bertz CT molecular complexity index is 1790. The summed E-state index contributed by atoms with van der Waals surface area (Å²) in [4.78, 5) is 9.83. The van der Waals surface area contributed by atoms with Crippen molar-refractivity contribution < 1.29 is 4.42 Å². The Hall–Kier alpha value is -4.76. The minimum absolute atomic E-state index is 0.0816. The molecule has 3 nitrogen and oxygen atoms in total. The van der Waals surface area contributed by atoms with Crippen molar-refractivity contribution >= 4 is 23.0 Å². The van der Waals surface area contributed by atoms with Crippen molar-refractivity contribution in [2.45, 2.75) is 26.2 Å². The van der Waals surface area contributed by atoms with Gasteiger partial charge in [-0.3, -0.25) is 4.99 Å². The van der Waals surface area contributed by atoms with E-state index in [-0.39, 0.29) is 5.41 Å². The summed E-state index contributed by atoms with van der Waals surface area (Å²) in [6.45, 7) is 6.66. The Labute approximate surface area is 229 Å². The summed E-state index contributed by atoms with van der Waals surface area (Å²) in [5.74, 6) is 0.563. The van der Waals surface area contributed by atoms with E-state index in [0.29, 0.717) is 5.89 Å². The van der Waals surface area contributed by atoms with Gasteiger partial charge < -0.3 is 4.42 Å². The maximum Gasteiger partial charge on any atom is 0.229 e. The van der Waals surface area contributed by atoms with Gasteiger partial charge in [-0.2, -0.15) is 0 Å². The summed E-state index contributed by atoms with van der Waals surface area (Å²) in [5.41, 5.74) is 10.2. The molecule has 0 radical (unpaired) electrons. The maximum absolute atomic E-state index is 6.30. The van der Waals surface area contributed by atoms with Crippen LogP contribution in [0.1, 0.15) is 31.9 Å². The minimum Gasteiger partial charge on any atom is -0.436 e. The standard InChI is InChI=1S/C36H30N2O/c1-36(2,3)29-17-9-12-25(22-29)24-37-32-20-8-7-18-31(32)35-38-34-30(19-11-21-33(34)39-35)28-16-10-15-27(23-28)26-13-5-4-6-14-26/h4-24H,1-3H3. The lowest BCUT2D eigenvalue weighted by molar-refractivity contribution is 0.590. The van der Waals surface area contributed by atoms with E-state index in [0.717, 1.165) is 39.0 Å². The van der Waals surface area contributed by atoms with E-state index in [1.807, 2.05) is 48.7 Å². The third kappa shape index (κ3) is 5.17. The van der Waals surface area contributed by atoms with Crippen LogP contribution in [0.5, 0.6) is 0 Å². The minimum atomic E-state index is 0.0816. The van der Waals surface area contributed by atoms with E-state index >= 15 is 0 Å².